The molecule has 1 aliphatic heterocycles. The number of rotatable bonds is 3. The molecule has 92 valence electrons. The minimum atomic E-state index is -0.439. The Balaban J connectivity index is 2.23. The van der Waals surface area contributed by atoms with Crippen LogP contribution in [0, 0.1) is 0 Å². The number of alkyl halides is 1. The first-order valence-corrected chi connectivity index (χ1v) is 6.10. The number of halogens is 1. The van der Waals surface area contributed by atoms with Gasteiger partial charge in [0.05, 0.1) is 13.2 Å². The Morgan fingerprint density at radius 3 is 2.35 bits per heavy atom. The van der Waals surface area contributed by atoms with Crippen molar-refractivity contribution in [3.63, 3.8) is 0 Å². The van der Waals surface area contributed by atoms with E-state index in [2.05, 4.69) is 0 Å². The molecule has 1 aromatic rings. The van der Waals surface area contributed by atoms with Gasteiger partial charge in [0.2, 0.25) is 5.91 Å². The molecule has 1 fully saturated rings. The fourth-order valence-electron chi connectivity index (χ4n) is 2.18. The van der Waals surface area contributed by atoms with Gasteiger partial charge in [-0.3, -0.25) is 4.79 Å². The number of hydrogen-bond donors (Lipinski definition) is 0. The molecule has 0 bridgehead atoms. The van der Waals surface area contributed by atoms with Crippen LogP contribution in [0.1, 0.15) is 25.5 Å². The van der Waals surface area contributed by atoms with E-state index in [-0.39, 0.29) is 18.0 Å². The molecular weight excluding hydrogens is 238 g/mol. The largest absolute Gasteiger partial charge is 0.497 e. The Morgan fingerprint density at radius 1 is 1.29 bits per heavy atom. The van der Waals surface area contributed by atoms with Gasteiger partial charge in [-0.1, -0.05) is 12.1 Å². The Labute approximate surface area is 106 Å². The van der Waals surface area contributed by atoms with E-state index in [1.165, 1.54) is 0 Å². The summed E-state index contributed by atoms with van der Waals surface area (Å²) in [6.45, 7) is 3.99. The summed E-state index contributed by atoms with van der Waals surface area (Å²) >= 11 is 6.09. The Bertz CT molecular complexity index is 416. The average molecular weight is 254 g/mol. The SMILES string of the molecule is COc1ccc([C@H]2[C@@H](Cl)C(=O)N2C(C)C)cc1. The number of ether oxygens (including phenoxy) is 1. The summed E-state index contributed by atoms with van der Waals surface area (Å²) in [6, 6.07) is 7.85. The van der Waals surface area contributed by atoms with Crippen LogP contribution in [0.2, 0.25) is 0 Å². The summed E-state index contributed by atoms with van der Waals surface area (Å²) in [4.78, 5) is 13.5. The van der Waals surface area contributed by atoms with E-state index in [1.807, 2.05) is 43.0 Å². The number of β-lactam (4-membered cyclic amide) rings is 1. The molecule has 0 N–H and O–H groups in total. The minimum absolute atomic E-state index is 0.0162. The molecule has 1 aromatic carbocycles. The molecule has 0 spiro atoms. The Kier molecular flexibility index (Phi) is 3.29. The highest BCUT2D eigenvalue weighted by atomic mass is 35.5. The second-order valence-corrected chi connectivity index (χ2v) is 4.93. The van der Waals surface area contributed by atoms with Gasteiger partial charge in [-0.2, -0.15) is 0 Å². The fourth-order valence-corrected chi connectivity index (χ4v) is 2.56. The number of likely N-dealkylation sites (tertiary alicyclic amines) is 1. The summed E-state index contributed by atoms with van der Waals surface area (Å²) in [6.07, 6.45) is 0. The fraction of sp³-hybridized carbons (Fsp3) is 0.462. The number of carbonyl (C=O) groups excluding carboxylic acids is 1. The first kappa shape index (κ1) is 12.2. The molecule has 3 nitrogen and oxygen atoms in total. The Hall–Kier alpha value is -1.22. The van der Waals surface area contributed by atoms with Crippen LogP contribution in [0.4, 0.5) is 0 Å². The van der Waals surface area contributed by atoms with Gasteiger partial charge in [-0.15, -0.1) is 11.6 Å². The van der Waals surface area contributed by atoms with Gasteiger partial charge in [0.15, 0.2) is 0 Å². The summed E-state index contributed by atoms with van der Waals surface area (Å²) in [7, 11) is 1.63. The van der Waals surface area contributed by atoms with E-state index in [4.69, 9.17) is 16.3 Å². The van der Waals surface area contributed by atoms with Crippen molar-refractivity contribution in [2.75, 3.05) is 7.11 Å². The zero-order valence-electron chi connectivity index (χ0n) is 10.2. The molecule has 1 amide bonds. The van der Waals surface area contributed by atoms with Gasteiger partial charge in [-0.05, 0) is 31.5 Å². The molecule has 0 aliphatic carbocycles. The maximum atomic E-state index is 11.7. The van der Waals surface area contributed by atoms with E-state index < -0.39 is 5.38 Å². The number of amides is 1. The van der Waals surface area contributed by atoms with Gasteiger partial charge in [0.25, 0.3) is 0 Å². The molecule has 4 heteroatoms. The van der Waals surface area contributed by atoms with Crippen molar-refractivity contribution in [3.05, 3.63) is 29.8 Å². The van der Waals surface area contributed by atoms with E-state index in [1.54, 1.807) is 7.11 Å². The van der Waals surface area contributed by atoms with Crippen molar-refractivity contribution in [1.82, 2.24) is 4.90 Å². The van der Waals surface area contributed by atoms with Crippen LogP contribution in [-0.4, -0.2) is 29.3 Å². The van der Waals surface area contributed by atoms with Crippen molar-refractivity contribution in [1.29, 1.82) is 0 Å². The molecule has 0 unspecified atom stereocenters. The smallest absolute Gasteiger partial charge is 0.243 e. The maximum Gasteiger partial charge on any atom is 0.243 e. The van der Waals surface area contributed by atoms with Crippen LogP contribution in [0.25, 0.3) is 0 Å². The Morgan fingerprint density at radius 2 is 1.88 bits per heavy atom. The second kappa shape index (κ2) is 4.57. The van der Waals surface area contributed by atoms with Crippen LogP contribution in [0.5, 0.6) is 5.75 Å². The normalized spacial score (nSPS) is 23.8. The highest BCUT2D eigenvalue weighted by Gasteiger charge is 2.47. The summed E-state index contributed by atoms with van der Waals surface area (Å²) in [5.41, 5.74) is 1.05. The quantitative estimate of drug-likeness (QED) is 0.612. The molecule has 1 heterocycles. The van der Waals surface area contributed by atoms with Crippen LogP contribution in [-0.2, 0) is 4.79 Å². The van der Waals surface area contributed by atoms with E-state index >= 15 is 0 Å². The lowest BCUT2D eigenvalue weighted by atomic mass is 9.91. The van der Waals surface area contributed by atoms with Crippen LogP contribution in [0.15, 0.2) is 24.3 Å². The standard InChI is InChI=1S/C13H16ClNO2/c1-8(2)15-12(11(14)13(15)16)9-4-6-10(17-3)7-5-9/h4-8,11-12H,1-3H3/t11-,12+/m1/s1. The highest BCUT2D eigenvalue weighted by molar-refractivity contribution is 6.33. The van der Waals surface area contributed by atoms with Crippen molar-refractivity contribution in [2.24, 2.45) is 0 Å². The average Bonchev–Trinajstić information content (AvgIpc) is 2.34. The van der Waals surface area contributed by atoms with Gasteiger partial charge < -0.3 is 9.64 Å². The molecule has 2 rings (SSSR count). The second-order valence-electron chi connectivity index (χ2n) is 4.46. The number of nitrogens with zero attached hydrogens (tertiary/aromatic N) is 1. The molecule has 2 atom stereocenters. The van der Waals surface area contributed by atoms with Gasteiger partial charge in [-0.25, -0.2) is 0 Å². The summed E-state index contributed by atoms with van der Waals surface area (Å²) in [5.74, 6) is 0.823. The van der Waals surface area contributed by atoms with Crippen molar-refractivity contribution in [2.45, 2.75) is 31.3 Å². The van der Waals surface area contributed by atoms with Crippen LogP contribution >= 0.6 is 11.6 Å². The first-order valence-electron chi connectivity index (χ1n) is 5.66. The van der Waals surface area contributed by atoms with Gasteiger partial charge in [0.1, 0.15) is 11.1 Å². The van der Waals surface area contributed by atoms with Crippen LogP contribution < -0.4 is 4.74 Å². The minimum Gasteiger partial charge on any atom is -0.497 e. The molecule has 1 saturated heterocycles. The summed E-state index contributed by atoms with van der Waals surface area (Å²) < 4.78 is 5.11. The third-order valence-corrected chi connectivity index (χ3v) is 3.51. The topological polar surface area (TPSA) is 29.5 Å². The van der Waals surface area contributed by atoms with E-state index in [9.17, 15) is 4.79 Å². The number of carbonyl (C=O) groups is 1. The molecule has 17 heavy (non-hydrogen) atoms. The lowest BCUT2D eigenvalue weighted by Gasteiger charge is -2.47. The van der Waals surface area contributed by atoms with E-state index in [0.717, 1.165) is 11.3 Å². The molecule has 0 radical (unpaired) electrons. The van der Waals surface area contributed by atoms with Crippen molar-refractivity contribution >= 4 is 17.5 Å². The number of methoxy groups -OCH3 is 1. The zero-order valence-corrected chi connectivity index (χ0v) is 10.9. The molecular formula is C13H16ClNO2. The maximum absolute atomic E-state index is 11.7. The van der Waals surface area contributed by atoms with Crippen molar-refractivity contribution < 1.29 is 9.53 Å². The third-order valence-electron chi connectivity index (χ3n) is 3.08. The van der Waals surface area contributed by atoms with Crippen molar-refractivity contribution in [3.8, 4) is 5.75 Å². The number of hydrogen-bond acceptors (Lipinski definition) is 2. The highest BCUT2D eigenvalue weighted by Crippen LogP contribution is 2.40. The molecule has 0 aromatic heterocycles. The number of benzene rings is 1. The predicted molar refractivity (Wildman–Crippen MR) is 67.4 cm³/mol. The molecule has 1 aliphatic rings. The van der Waals surface area contributed by atoms with Gasteiger partial charge in [0, 0.05) is 6.04 Å². The lowest BCUT2D eigenvalue weighted by molar-refractivity contribution is -0.148. The lowest BCUT2D eigenvalue weighted by Crippen LogP contribution is -2.58. The van der Waals surface area contributed by atoms with Gasteiger partial charge >= 0.3 is 0 Å². The third kappa shape index (κ3) is 2.00. The first-order chi connectivity index (χ1) is 8.06. The zero-order chi connectivity index (χ0) is 12.6. The van der Waals surface area contributed by atoms with E-state index in [0.29, 0.717) is 0 Å². The van der Waals surface area contributed by atoms with Crippen LogP contribution in [0.3, 0.4) is 0 Å². The monoisotopic (exact) mass is 253 g/mol. The molecule has 0 saturated carbocycles. The summed E-state index contributed by atoms with van der Waals surface area (Å²) in [5, 5.41) is -0.439. The predicted octanol–water partition coefficient (Wildman–Crippen LogP) is 2.59.